The smallest absolute Gasteiger partial charge is 0.434 e. The molecule has 2 aliphatic rings. The van der Waals surface area contributed by atoms with Gasteiger partial charge in [-0.05, 0) is 61.8 Å². The van der Waals surface area contributed by atoms with Gasteiger partial charge in [0.15, 0.2) is 15.5 Å². The van der Waals surface area contributed by atoms with E-state index in [4.69, 9.17) is 4.74 Å². The molecular formula is C25H23F7N4O5S. The number of aromatic nitrogens is 3. The first-order chi connectivity index (χ1) is 19.5. The second-order valence-corrected chi connectivity index (χ2v) is 12.4. The Kier molecular flexibility index (Phi) is 7.52. The summed E-state index contributed by atoms with van der Waals surface area (Å²) in [7, 11) is -3.62. The van der Waals surface area contributed by atoms with Crippen LogP contribution in [-0.4, -0.2) is 65.9 Å². The van der Waals surface area contributed by atoms with Gasteiger partial charge in [0.25, 0.3) is 6.10 Å². The molecule has 2 aliphatic carbocycles. The van der Waals surface area contributed by atoms with Crippen LogP contribution >= 0.6 is 0 Å². The van der Waals surface area contributed by atoms with Crippen LogP contribution in [0.3, 0.4) is 0 Å². The van der Waals surface area contributed by atoms with Gasteiger partial charge in [-0.15, -0.1) is 0 Å². The molecule has 2 saturated carbocycles. The Bertz CT molecular complexity index is 1580. The molecule has 0 spiro atoms. The Hall–Kier alpha value is -3.63. The summed E-state index contributed by atoms with van der Waals surface area (Å²) in [6, 6.07) is 4.37. The molecule has 2 aromatic heterocycles. The number of ether oxygens (including phenoxy) is 2. The molecule has 0 aliphatic heterocycles. The molecule has 0 saturated heterocycles. The number of hydrogen-bond acceptors (Lipinski definition) is 7. The third-order valence-corrected chi connectivity index (χ3v) is 8.60. The predicted octanol–water partition coefficient (Wildman–Crippen LogP) is 5.12. The van der Waals surface area contributed by atoms with Crippen LogP contribution in [0.15, 0.2) is 41.7 Å². The molecular weight excluding hydrogens is 601 g/mol. The minimum Gasteiger partial charge on any atom is -0.474 e. The molecule has 42 heavy (non-hydrogen) atoms. The van der Waals surface area contributed by atoms with Crippen LogP contribution in [0.2, 0.25) is 0 Å². The van der Waals surface area contributed by atoms with E-state index in [1.54, 1.807) is 6.07 Å². The van der Waals surface area contributed by atoms with Gasteiger partial charge in [-0.25, -0.2) is 27.6 Å². The number of hydrogen-bond donors (Lipinski definition) is 1. The number of carbonyl (C=O) groups is 1. The lowest BCUT2D eigenvalue weighted by atomic mass is 9.82. The van der Waals surface area contributed by atoms with E-state index < -0.39 is 52.4 Å². The van der Waals surface area contributed by atoms with Crippen molar-refractivity contribution in [2.45, 2.75) is 61.2 Å². The van der Waals surface area contributed by atoms with Gasteiger partial charge in [0.2, 0.25) is 5.88 Å². The molecule has 2 bridgehead atoms. The van der Waals surface area contributed by atoms with Crippen LogP contribution in [-0.2, 0) is 14.6 Å². The van der Waals surface area contributed by atoms with Gasteiger partial charge in [0, 0.05) is 18.5 Å². The number of halogens is 7. The largest absolute Gasteiger partial charge is 0.474 e. The van der Waals surface area contributed by atoms with E-state index in [9.17, 15) is 43.9 Å². The van der Waals surface area contributed by atoms with Crippen molar-refractivity contribution in [1.29, 1.82) is 0 Å². The maximum Gasteiger partial charge on any atom is 0.434 e. The Balaban J connectivity index is 1.28. The van der Waals surface area contributed by atoms with Crippen molar-refractivity contribution in [3.05, 3.63) is 42.6 Å². The Morgan fingerprint density at radius 1 is 1.05 bits per heavy atom. The molecule has 2 atom stereocenters. The molecule has 1 N–H and O–H groups in total. The summed E-state index contributed by atoms with van der Waals surface area (Å²) in [6.07, 6.45) is -12.6. The number of sulfone groups is 1. The van der Waals surface area contributed by atoms with Gasteiger partial charge in [-0.2, -0.15) is 26.3 Å². The van der Waals surface area contributed by atoms with Gasteiger partial charge in [0.05, 0.1) is 16.0 Å². The first kappa shape index (κ1) is 29.8. The SMILES string of the molecule is CS(=O)(=O)c1ccc(-n2ccc3c(OC4C[C@@H]5CC[C@@H](C4)C5NC(=O)OC(C(F)(F)F)C(F)(F)F)ncnc32)c(F)c1. The molecule has 228 valence electrons. The van der Waals surface area contributed by atoms with Gasteiger partial charge < -0.3 is 14.8 Å². The number of amides is 1. The molecule has 2 fully saturated rings. The third-order valence-electron chi connectivity index (χ3n) is 7.49. The Morgan fingerprint density at radius 2 is 1.69 bits per heavy atom. The molecule has 0 unspecified atom stereocenters. The summed E-state index contributed by atoms with van der Waals surface area (Å²) in [5, 5.41) is 2.61. The highest BCUT2D eigenvalue weighted by Crippen LogP contribution is 2.44. The van der Waals surface area contributed by atoms with Crippen LogP contribution in [0, 0.1) is 17.7 Å². The number of alkyl carbamates (subject to hydrolysis) is 1. The molecule has 3 aromatic rings. The zero-order chi connectivity index (χ0) is 30.6. The second kappa shape index (κ2) is 10.6. The summed E-state index contributed by atoms with van der Waals surface area (Å²) in [4.78, 5) is 20.2. The highest BCUT2D eigenvalue weighted by molar-refractivity contribution is 7.90. The number of fused-ring (bicyclic) bond motifs is 3. The average molecular weight is 625 g/mol. The van der Waals surface area contributed by atoms with Crippen molar-refractivity contribution in [1.82, 2.24) is 19.9 Å². The van der Waals surface area contributed by atoms with E-state index >= 15 is 0 Å². The number of benzene rings is 1. The Labute approximate surface area is 233 Å². The molecule has 2 heterocycles. The fourth-order valence-corrected chi connectivity index (χ4v) is 6.32. The van der Waals surface area contributed by atoms with Gasteiger partial charge in [-0.3, -0.25) is 4.57 Å². The zero-order valence-corrected chi connectivity index (χ0v) is 22.4. The average Bonchev–Trinajstić information content (AvgIpc) is 3.39. The molecule has 9 nitrogen and oxygen atoms in total. The number of carbonyl (C=O) groups excluding carboxylic acids is 1. The minimum absolute atomic E-state index is 0.0387. The van der Waals surface area contributed by atoms with E-state index in [1.165, 1.54) is 29.2 Å². The fourth-order valence-electron chi connectivity index (χ4n) is 5.69. The third kappa shape index (κ3) is 5.96. The van der Waals surface area contributed by atoms with Gasteiger partial charge in [-0.1, -0.05) is 0 Å². The molecule has 0 radical (unpaired) electrons. The van der Waals surface area contributed by atoms with E-state index in [1.807, 2.05) is 0 Å². The van der Waals surface area contributed by atoms with Crippen molar-refractivity contribution in [3.8, 4) is 11.6 Å². The summed E-state index contributed by atoms with van der Waals surface area (Å²) in [5.74, 6) is -1.21. The number of nitrogens with one attached hydrogen (secondary N) is 1. The van der Waals surface area contributed by atoms with E-state index in [0.29, 0.717) is 31.1 Å². The normalized spacial score (nSPS) is 22.9. The van der Waals surface area contributed by atoms with Crippen molar-refractivity contribution in [2.75, 3.05) is 6.26 Å². The summed E-state index contributed by atoms with van der Waals surface area (Å²) < 4.78 is 126. The number of alkyl halides is 6. The molecule has 1 amide bonds. The highest BCUT2D eigenvalue weighted by Gasteiger charge is 2.60. The summed E-state index contributed by atoms with van der Waals surface area (Å²) in [6.45, 7) is 0. The minimum atomic E-state index is -5.81. The second-order valence-electron chi connectivity index (χ2n) is 10.3. The van der Waals surface area contributed by atoms with E-state index in [2.05, 4.69) is 20.0 Å². The van der Waals surface area contributed by atoms with Gasteiger partial charge in [0.1, 0.15) is 18.2 Å². The van der Waals surface area contributed by atoms with Crippen LogP contribution in [0.4, 0.5) is 35.5 Å². The summed E-state index contributed by atoms with van der Waals surface area (Å²) >= 11 is 0. The van der Waals surface area contributed by atoms with Gasteiger partial charge >= 0.3 is 18.4 Å². The molecule has 5 rings (SSSR count). The van der Waals surface area contributed by atoms with E-state index in [-0.39, 0.29) is 33.9 Å². The maximum absolute atomic E-state index is 14.8. The maximum atomic E-state index is 14.8. The molecule has 17 heteroatoms. The first-order valence-corrected chi connectivity index (χ1v) is 14.5. The monoisotopic (exact) mass is 624 g/mol. The molecule has 1 aromatic carbocycles. The lowest BCUT2D eigenvalue weighted by Crippen LogP contribution is -2.51. The fraction of sp³-hybridized carbons (Fsp3) is 0.480. The standard InChI is InChI=1S/C25H23F7N4O5S/c1-42(38,39)15-4-5-18(17(26)10-15)36-7-6-16-20(36)33-11-34-21(16)40-14-8-12-2-3-13(9-14)19(12)35-23(37)41-22(24(27,28)29)25(30,31)32/h4-7,10-14,19,22H,2-3,8-9H2,1H3,(H,35,37)/t12-,13-,14?,19?/m0/s1. The van der Waals surface area contributed by atoms with Crippen molar-refractivity contribution in [2.24, 2.45) is 11.8 Å². The first-order valence-electron chi connectivity index (χ1n) is 12.6. The quantitative estimate of drug-likeness (QED) is 0.379. The number of nitrogens with zero attached hydrogens (tertiary/aromatic N) is 3. The van der Waals surface area contributed by atoms with Crippen molar-refractivity contribution >= 4 is 27.0 Å². The lowest BCUT2D eigenvalue weighted by Gasteiger charge is -2.35. The number of rotatable bonds is 6. The zero-order valence-electron chi connectivity index (χ0n) is 21.6. The topological polar surface area (TPSA) is 112 Å². The van der Waals surface area contributed by atoms with Crippen LogP contribution in [0.25, 0.3) is 16.7 Å². The predicted molar refractivity (Wildman–Crippen MR) is 131 cm³/mol. The van der Waals surface area contributed by atoms with Crippen LogP contribution in [0.5, 0.6) is 5.88 Å². The Morgan fingerprint density at radius 3 is 2.26 bits per heavy atom. The van der Waals surface area contributed by atoms with Crippen LogP contribution < -0.4 is 10.1 Å². The highest BCUT2D eigenvalue weighted by atomic mass is 32.2. The lowest BCUT2D eigenvalue weighted by molar-refractivity contribution is -0.307. The summed E-state index contributed by atoms with van der Waals surface area (Å²) in [5.41, 5.74) is 0.313. The van der Waals surface area contributed by atoms with E-state index in [0.717, 1.165) is 12.3 Å². The van der Waals surface area contributed by atoms with Crippen molar-refractivity contribution in [3.63, 3.8) is 0 Å². The van der Waals surface area contributed by atoms with Crippen molar-refractivity contribution < 1.29 is 53.4 Å². The van der Waals surface area contributed by atoms with Crippen LogP contribution in [0.1, 0.15) is 25.7 Å².